The van der Waals surface area contributed by atoms with Gasteiger partial charge in [0.25, 0.3) is 0 Å². The lowest BCUT2D eigenvalue weighted by molar-refractivity contribution is 0.0474. The summed E-state index contributed by atoms with van der Waals surface area (Å²) in [6, 6.07) is 10.1. The Kier molecular flexibility index (Phi) is 11.2. The Labute approximate surface area is 215 Å². The predicted octanol–water partition coefficient (Wildman–Crippen LogP) is 4.20. The van der Waals surface area contributed by atoms with E-state index in [2.05, 4.69) is 32.2 Å². The number of hydrogen-bond donors (Lipinski definition) is 3. The van der Waals surface area contributed by atoms with Crippen LogP contribution in [0.2, 0.25) is 0 Å². The Morgan fingerprint density at radius 3 is 2.39 bits per heavy atom. The summed E-state index contributed by atoms with van der Waals surface area (Å²) in [5.74, 6) is 0.695. The monoisotopic (exact) mass is 570 g/mol. The molecule has 0 saturated carbocycles. The summed E-state index contributed by atoms with van der Waals surface area (Å²) in [6.45, 7) is 12.7. The van der Waals surface area contributed by atoms with Gasteiger partial charge in [-0.2, -0.15) is 5.10 Å². The summed E-state index contributed by atoms with van der Waals surface area (Å²) in [5, 5.41) is 14.1. The normalized spacial score (nSPS) is 12.0. The number of benzene rings is 1. The van der Waals surface area contributed by atoms with Crippen LogP contribution in [-0.2, 0) is 11.2 Å². The van der Waals surface area contributed by atoms with Crippen molar-refractivity contribution in [2.24, 2.45) is 4.99 Å². The zero-order valence-electron chi connectivity index (χ0n) is 20.9. The van der Waals surface area contributed by atoms with Gasteiger partial charge in [-0.25, -0.2) is 9.48 Å². The number of halogens is 1. The van der Waals surface area contributed by atoms with E-state index in [0.29, 0.717) is 12.5 Å². The highest BCUT2D eigenvalue weighted by molar-refractivity contribution is 14.0. The van der Waals surface area contributed by atoms with E-state index in [0.717, 1.165) is 30.8 Å². The largest absolute Gasteiger partial charge is 0.444 e. The number of aryl methyl sites for hydroxylation is 2. The fraction of sp³-hybridized carbons (Fsp3) is 0.542. The van der Waals surface area contributed by atoms with Crippen molar-refractivity contribution in [2.75, 3.05) is 20.1 Å². The number of ether oxygens (including phenoxy) is 1. The average molecular weight is 571 g/mol. The van der Waals surface area contributed by atoms with Crippen molar-refractivity contribution in [3.8, 4) is 5.69 Å². The summed E-state index contributed by atoms with van der Waals surface area (Å²) >= 11 is 0. The maximum Gasteiger partial charge on any atom is 0.408 e. The minimum absolute atomic E-state index is 0. The Hall–Kier alpha value is -2.30. The van der Waals surface area contributed by atoms with Crippen LogP contribution in [0.5, 0.6) is 0 Å². The van der Waals surface area contributed by atoms with E-state index in [9.17, 15) is 4.79 Å². The molecule has 0 aliphatic carbocycles. The molecule has 0 fully saturated rings. The number of nitrogens with one attached hydrogen (secondary N) is 3. The summed E-state index contributed by atoms with van der Waals surface area (Å²) in [7, 11) is 1.73. The number of hydrogen-bond acceptors (Lipinski definition) is 4. The number of carbonyl (C=O) groups excluding carboxylic acids is 1. The van der Waals surface area contributed by atoms with Crippen LogP contribution in [0.1, 0.15) is 52.3 Å². The van der Waals surface area contributed by atoms with E-state index in [4.69, 9.17) is 4.74 Å². The lowest BCUT2D eigenvalue weighted by Crippen LogP contribution is -2.54. The van der Waals surface area contributed by atoms with Crippen LogP contribution in [0, 0.1) is 6.92 Å². The van der Waals surface area contributed by atoms with Crippen molar-refractivity contribution in [3.63, 3.8) is 0 Å². The van der Waals surface area contributed by atoms with Crippen molar-refractivity contribution < 1.29 is 9.53 Å². The predicted molar refractivity (Wildman–Crippen MR) is 145 cm³/mol. The number of carbonyl (C=O) groups is 1. The van der Waals surface area contributed by atoms with Gasteiger partial charge in [0.1, 0.15) is 5.60 Å². The van der Waals surface area contributed by atoms with E-state index < -0.39 is 17.2 Å². The summed E-state index contributed by atoms with van der Waals surface area (Å²) in [4.78, 5) is 16.3. The lowest BCUT2D eigenvalue weighted by atomic mass is 10.1. The van der Waals surface area contributed by atoms with E-state index >= 15 is 0 Å². The molecule has 184 valence electrons. The second-order valence-electron chi connectivity index (χ2n) is 9.49. The molecule has 0 aliphatic rings. The third-order valence-corrected chi connectivity index (χ3v) is 4.70. The molecule has 0 radical (unpaired) electrons. The van der Waals surface area contributed by atoms with E-state index in [1.54, 1.807) is 7.05 Å². The molecular formula is C24H39IN6O2. The average Bonchev–Trinajstić information content (AvgIpc) is 3.07. The topological polar surface area (TPSA) is 92.6 Å². The SMILES string of the molecule is CN=C(NCCCc1cn(-c2ccccc2)nc1C)NCC(C)(C)NC(=O)OC(C)(C)C.I. The number of alkyl carbamates (subject to hydrolysis) is 1. The minimum atomic E-state index is -0.527. The smallest absolute Gasteiger partial charge is 0.408 e. The third-order valence-electron chi connectivity index (χ3n) is 4.70. The molecule has 1 amide bonds. The van der Waals surface area contributed by atoms with E-state index in [-0.39, 0.29) is 24.0 Å². The molecule has 0 atom stereocenters. The molecule has 0 saturated heterocycles. The highest BCUT2D eigenvalue weighted by atomic mass is 127. The molecule has 1 aromatic heterocycles. The maximum absolute atomic E-state index is 12.0. The van der Waals surface area contributed by atoms with Gasteiger partial charge >= 0.3 is 6.09 Å². The fourth-order valence-corrected chi connectivity index (χ4v) is 3.09. The number of rotatable bonds is 8. The van der Waals surface area contributed by atoms with Crippen molar-refractivity contribution in [3.05, 3.63) is 47.8 Å². The molecule has 0 aliphatic heterocycles. The van der Waals surface area contributed by atoms with Gasteiger partial charge < -0.3 is 20.7 Å². The van der Waals surface area contributed by atoms with Gasteiger partial charge in [-0.1, -0.05) is 18.2 Å². The van der Waals surface area contributed by atoms with E-state index in [1.165, 1.54) is 5.56 Å². The van der Waals surface area contributed by atoms with E-state index in [1.807, 2.05) is 76.6 Å². The van der Waals surface area contributed by atoms with Gasteiger partial charge in [-0.3, -0.25) is 4.99 Å². The Morgan fingerprint density at radius 2 is 1.79 bits per heavy atom. The van der Waals surface area contributed by atoms with Gasteiger partial charge in [0.2, 0.25) is 0 Å². The molecule has 1 heterocycles. The minimum Gasteiger partial charge on any atom is -0.444 e. The zero-order valence-corrected chi connectivity index (χ0v) is 23.2. The second-order valence-corrected chi connectivity index (χ2v) is 9.49. The summed E-state index contributed by atoms with van der Waals surface area (Å²) in [6.07, 6.45) is 3.54. The molecule has 0 spiro atoms. The van der Waals surface area contributed by atoms with Crippen LogP contribution in [0.4, 0.5) is 4.79 Å². The Morgan fingerprint density at radius 1 is 1.12 bits per heavy atom. The number of nitrogens with zero attached hydrogens (tertiary/aromatic N) is 3. The molecule has 2 rings (SSSR count). The van der Waals surface area contributed by atoms with Crippen LogP contribution in [0.25, 0.3) is 5.69 Å². The van der Waals surface area contributed by atoms with Crippen molar-refractivity contribution in [1.82, 2.24) is 25.7 Å². The van der Waals surface area contributed by atoms with Crippen LogP contribution < -0.4 is 16.0 Å². The zero-order chi connectivity index (χ0) is 23.8. The van der Waals surface area contributed by atoms with Gasteiger partial charge in [-0.15, -0.1) is 24.0 Å². The summed E-state index contributed by atoms with van der Waals surface area (Å²) in [5.41, 5.74) is 2.32. The molecule has 33 heavy (non-hydrogen) atoms. The van der Waals surface area contributed by atoms with Crippen molar-refractivity contribution in [1.29, 1.82) is 0 Å². The highest BCUT2D eigenvalue weighted by Gasteiger charge is 2.24. The van der Waals surface area contributed by atoms with Gasteiger partial charge in [0.05, 0.1) is 16.9 Å². The molecule has 9 heteroatoms. The Bertz CT molecular complexity index is 903. The summed E-state index contributed by atoms with van der Waals surface area (Å²) < 4.78 is 7.27. The molecular weight excluding hydrogens is 531 g/mol. The number of aromatic nitrogens is 2. The second kappa shape index (κ2) is 12.8. The van der Waals surface area contributed by atoms with Gasteiger partial charge in [0.15, 0.2) is 5.96 Å². The van der Waals surface area contributed by atoms with Crippen LogP contribution >= 0.6 is 24.0 Å². The first-order valence-corrected chi connectivity index (χ1v) is 11.1. The van der Waals surface area contributed by atoms with Crippen molar-refractivity contribution in [2.45, 2.75) is 65.5 Å². The standard InChI is InChI=1S/C24H38N6O2.HI/c1-18-19(16-30(29-18)20-13-9-8-10-14-20)12-11-15-26-21(25-7)27-17-24(5,6)28-22(31)32-23(2,3)4;/h8-10,13-14,16H,11-12,15,17H2,1-7H3,(H,28,31)(H2,25,26,27);1H. The molecule has 1 aromatic carbocycles. The fourth-order valence-electron chi connectivity index (χ4n) is 3.09. The van der Waals surface area contributed by atoms with Gasteiger partial charge in [0, 0.05) is 26.3 Å². The maximum atomic E-state index is 12.0. The first-order chi connectivity index (χ1) is 15.0. The lowest BCUT2D eigenvalue weighted by Gasteiger charge is -2.29. The Balaban J connectivity index is 0.00000544. The first kappa shape index (κ1) is 28.7. The molecule has 3 N–H and O–H groups in total. The van der Waals surface area contributed by atoms with Gasteiger partial charge in [-0.05, 0) is 72.1 Å². The van der Waals surface area contributed by atoms with Crippen LogP contribution in [-0.4, -0.2) is 53.1 Å². The number of amides is 1. The first-order valence-electron chi connectivity index (χ1n) is 11.1. The number of para-hydroxylation sites is 1. The number of guanidine groups is 1. The van der Waals surface area contributed by atoms with Crippen LogP contribution in [0.3, 0.4) is 0 Å². The van der Waals surface area contributed by atoms with Crippen molar-refractivity contribution >= 4 is 36.0 Å². The highest BCUT2D eigenvalue weighted by Crippen LogP contribution is 2.13. The molecule has 0 bridgehead atoms. The quantitative estimate of drug-likeness (QED) is 0.192. The molecule has 0 unspecified atom stereocenters. The molecule has 8 nitrogen and oxygen atoms in total. The number of aliphatic imine (C=N–C) groups is 1. The third kappa shape index (κ3) is 10.4. The van der Waals surface area contributed by atoms with Crippen LogP contribution in [0.15, 0.2) is 41.5 Å². The molecule has 2 aromatic rings.